The molecule has 0 spiro atoms. The summed E-state index contributed by atoms with van der Waals surface area (Å²) in [6.45, 7) is 2.03. The third-order valence-corrected chi connectivity index (χ3v) is 4.58. The minimum absolute atomic E-state index is 0.204. The van der Waals surface area contributed by atoms with Crippen LogP contribution in [-0.4, -0.2) is 16.2 Å². The molecule has 0 atom stereocenters. The molecular weight excluding hydrogens is 312 g/mol. The minimum Gasteiger partial charge on any atom is -0.438 e. The van der Waals surface area contributed by atoms with E-state index in [0.717, 1.165) is 20.8 Å². The summed E-state index contributed by atoms with van der Waals surface area (Å²) in [5, 5.41) is 1.10. The highest BCUT2D eigenvalue weighted by Crippen LogP contribution is 2.33. The maximum atomic E-state index is 5.95. The van der Waals surface area contributed by atoms with Crippen LogP contribution in [0.3, 0.4) is 0 Å². The van der Waals surface area contributed by atoms with Gasteiger partial charge in [-0.15, -0.1) is 23.1 Å². The molecule has 2 heterocycles. The predicted octanol–water partition coefficient (Wildman–Crippen LogP) is 5.17. The molecule has 0 aliphatic heterocycles. The minimum atomic E-state index is 0.204. The molecule has 0 bridgehead atoms. The Balaban J connectivity index is 2.00. The van der Waals surface area contributed by atoms with E-state index in [1.807, 2.05) is 43.5 Å². The Kier molecular flexibility index (Phi) is 3.83. The quantitative estimate of drug-likeness (QED) is 0.492. The number of aryl methyl sites for hydroxylation is 1. The molecule has 0 aliphatic rings. The second-order valence-corrected chi connectivity index (χ2v) is 6.60. The van der Waals surface area contributed by atoms with Gasteiger partial charge in [0.2, 0.25) is 11.2 Å². The van der Waals surface area contributed by atoms with Gasteiger partial charge in [-0.25, -0.2) is 4.98 Å². The second-order valence-electron chi connectivity index (χ2n) is 4.15. The Morgan fingerprint density at radius 1 is 1.20 bits per heavy atom. The number of hydrogen-bond acceptors (Lipinski definition) is 5. The van der Waals surface area contributed by atoms with E-state index in [1.54, 1.807) is 23.1 Å². The zero-order valence-corrected chi connectivity index (χ0v) is 13.3. The van der Waals surface area contributed by atoms with Crippen molar-refractivity contribution in [3.63, 3.8) is 0 Å². The van der Waals surface area contributed by atoms with Gasteiger partial charge in [0.15, 0.2) is 0 Å². The topological polar surface area (TPSA) is 35.0 Å². The molecule has 3 aromatic rings. The number of rotatable bonds is 3. The molecule has 3 nitrogen and oxygen atoms in total. The lowest BCUT2D eigenvalue weighted by Crippen LogP contribution is -1.91. The summed E-state index contributed by atoms with van der Waals surface area (Å²) >= 11 is 9.22. The van der Waals surface area contributed by atoms with Gasteiger partial charge in [0.25, 0.3) is 0 Å². The van der Waals surface area contributed by atoms with Crippen LogP contribution in [0.2, 0.25) is 5.28 Å². The van der Waals surface area contributed by atoms with E-state index < -0.39 is 0 Å². The summed E-state index contributed by atoms with van der Waals surface area (Å²) in [5.41, 5.74) is 0. The third-order valence-electron chi connectivity index (χ3n) is 2.73. The first-order valence-corrected chi connectivity index (χ1v) is 8.33. The highest BCUT2D eigenvalue weighted by molar-refractivity contribution is 7.98. The van der Waals surface area contributed by atoms with E-state index in [9.17, 15) is 0 Å². The lowest BCUT2D eigenvalue weighted by Gasteiger charge is -2.06. The molecule has 0 fully saturated rings. The van der Waals surface area contributed by atoms with Crippen molar-refractivity contribution >= 4 is 44.9 Å². The van der Waals surface area contributed by atoms with Crippen molar-refractivity contribution < 1.29 is 4.74 Å². The summed E-state index contributed by atoms with van der Waals surface area (Å²) < 4.78 is 5.85. The maximum absolute atomic E-state index is 5.95. The summed E-state index contributed by atoms with van der Waals surface area (Å²) in [7, 11) is 0. The number of nitrogens with zero attached hydrogens (tertiary/aromatic N) is 2. The van der Waals surface area contributed by atoms with Crippen LogP contribution in [0.1, 0.15) is 4.88 Å². The van der Waals surface area contributed by atoms with Gasteiger partial charge in [0.1, 0.15) is 10.6 Å². The first kappa shape index (κ1) is 13.7. The van der Waals surface area contributed by atoms with E-state index in [1.165, 1.54) is 4.90 Å². The van der Waals surface area contributed by atoms with Crippen molar-refractivity contribution in [2.45, 2.75) is 11.8 Å². The fraction of sp³-hybridized carbons (Fsp3) is 0.143. The zero-order valence-electron chi connectivity index (χ0n) is 10.9. The Labute approximate surface area is 130 Å². The van der Waals surface area contributed by atoms with E-state index in [-0.39, 0.29) is 5.28 Å². The van der Waals surface area contributed by atoms with Crippen LogP contribution in [0.25, 0.3) is 10.2 Å². The van der Waals surface area contributed by atoms with E-state index in [2.05, 4.69) is 9.97 Å². The van der Waals surface area contributed by atoms with Crippen molar-refractivity contribution in [2.75, 3.05) is 6.26 Å². The molecule has 2 aromatic heterocycles. The monoisotopic (exact) mass is 322 g/mol. The molecule has 3 rings (SSSR count). The van der Waals surface area contributed by atoms with Crippen molar-refractivity contribution in [3.05, 3.63) is 40.5 Å². The van der Waals surface area contributed by atoms with E-state index in [0.29, 0.717) is 5.88 Å². The molecular formula is C14H11ClN2OS2. The third kappa shape index (κ3) is 2.75. The smallest absolute Gasteiger partial charge is 0.232 e. The maximum Gasteiger partial charge on any atom is 0.232 e. The fourth-order valence-electron chi connectivity index (χ4n) is 1.82. The molecule has 0 saturated carbocycles. The first-order valence-electron chi connectivity index (χ1n) is 5.91. The Hall–Kier alpha value is -1.30. The van der Waals surface area contributed by atoms with Gasteiger partial charge in [0, 0.05) is 9.77 Å². The largest absolute Gasteiger partial charge is 0.438 e. The lowest BCUT2D eigenvalue weighted by atomic mass is 10.3. The standard InChI is InChI=1S/C14H11ClN2OS2/c1-8-7-11-12(16-14(15)17-13(11)20-8)18-9-3-5-10(19-2)6-4-9/h3-7H,1-2H3. The van der Waals surface area contributed by atoms with Crippen LogP contribution >= 0.6 is 34.7 Å². The second kappa shape index (κ2) is 5.60. The van der Waals surface area contributed by atoms with Crippen LogP contribution in [-0.2, 0) is 0 Å². The van der Waals surface area contributed by atoms with Crippen molar-refractivity contribution in [1.82, 2.24) is 9.97 Å². The normalized spacial score (nSPS) is 10.9. The van der Waals surface area contributed by atoms with Gasteiger partial charge in [-0.2, -0.15) is 4.98 Å². The molecule has 6 heteroatoms. The Bertz CT molecular complexity index is 756. The predicted molar refractivity (Wildman–Crippen MR) is 85.5 cm³/mol. The van der Waals surface area contributed by atoms with Gasteiger partial charge in [-0.05, 0) is 55.1 Å². The number of ether oxygens (including phenoxy) is 1. The van der Waals surface area contributed by atoms with Crippen LogP contribution in [0.15, 0.2) is 35.2 Å². The number of halogens is 1. The molecule has 0 saturated heterocycles. The summed E-state index contributed by atoms with van der Waals surface area (Å²) in [6, 6.07) is 9.89. The van der Waals surface area contributed by atoms with Crippen molar-refractivity contribution in [1.29, 1.82) is 0 Å². The molecule has 102 valence electrons. The van der Waals surface area contributed by atoms with E-state index in [4.69, 9.17) is 16.3 Å². The Morgan fingerprint density at radius 3 is 2.65 bits per heavy atom. The summed E-state index contributed by atoms with van der Waals surface area (Å²) in [5.74, 6) is 1.24. The molecule has 0 amide bonds. The van der Waals surface area contributed by atoms with Crippen molar-refractivity contribution in [3.8, 4) is 11.6 Å². The molecule has 0 unspecified atom stereocenters. The molecule has 0 aliphatic carbocycles. The highest BCUT2D eigenvalue weighted by atomic mass is 35.5. The number of thiophene rings is 1. The van der Waals surface area contributed by atoms with Gasteiger partial charge in [-0.3, -0.25) is 0 Å². The lowest BCUT2D eigenvalue weighted by molar-refractivity contribution is 0.468. The van der Waals surface area contributed by atoms with E-state index >= 15 is 0 Å². The molecule has 0 N–H and O–H groups in total. The van der Waals surface area contributed by atoms with Crippen LogP contribution in [0.5, 0.6) is 11.6 Å². The van der Waals surface area contributed by atoms with Crippen LogP contribution in [0.4, 0.5) is 0 Å². The van der Waals surface area contributed by atoms with Crippen LogP contribution in [0, 0.1) is 6.92 Å². The molecule has 0 radical (unpaired) electrons. The number of fused-ring (bicyclic) bond motifs is 1. The number of aromatic nitrogens is 2. The molecule has 20 heavy (non-hydrogen) atoms. The fourth-order valence-corrected chi connectivity index (χ4v) is 3.31. The highest BCUT2D eigenvalue weighted by Gasteiger charge is 2.11. The average molecular weight is 323 g/mol. The number of hydrogen-bond donors (Lipinski definition) is 0. The van der Waals surface area contributed by atoms with Gasteiger partial charge >= 0.3 is 0 Å². The van der Waals surface area contributed by atoms with Gasteiger partial charge in [-0.1, -0.05) is 0 Å². The van der Waals surface area contributed by atoms with Crippen LogP contribution < -0.4 is 4.74 Å². The average Bonchev–Trinajstić information content (AvgIpc) is 2.80. The first-order chi connectivity index (χ1) is 9.65. The SMILES string of the molecule is CSc1ccc(Oc2nc(Cl)nc3sc(C)cc23)cc1. The number of thioether (sulfide) groups is 1. The zero-order chi connectivity index (χ0) is 14.1. The van der Waals surface area contributed by atoms with Crippen molar-refractivity contribution in [2.24, 2.45) is 0 Å². The summed E-state index contributed by atoms with van der Waals surface area (Å²) in [6.07, 6.45) is 2.04. The summed E-state index contributed by atoms with van der Waals surface area (Å²) in [4.78, 5) is 11.6. The Morgan fingerprint density at radius 2 is 1.95 bits per heavy atom. The number of benzene rings is 1. The van der Waals surface area contributed by atoms with Gasteiger partial charge in [0.05, 0.1) is 5.39 Å². The van der Waals surface area contributed by atoms with Gasteiger partial charge < -0.3 is 4.74 Å². The molecule has 1 aromatic carbocycles.